The lowest BCUT2D eigenvalue weighted by molar-refractivity contribution is 0.252. The number of rotatable bonds is 6. The summed E-state index contributed by atoms with van der Waals surface area (Å²) in [7, 11) is 3.16. The molecule has 1 heterocycles. The Hall–Kier alpha value is -2.21. The highest BCUT2D eigenvalue weighted by Gasteiger charge is 2.15. The molecular formula is C19H24N2O3S. The van der Waals surface area contributed by atoms with Crippen LogP contribution in [0.15, 0.2) is 23.6 Å². The first kappa shape index (κ1) is 17.6. The van der Waals surface area contributed by atoms with E-state index in [9.17, 15) is 4.79 Å². The molecule has 1 aliphatic rings. The van der Waals surface area contributed by atoms with Gasteiger partial charge >= 0.3 is 6.03 Å². The molecule has 2 amide bonds. The molecular weight excluding hydrogens is 336 g/mol. The Morgan fingerprint density at radius 1 is 1.16 bits per heavy atom. The maximum atomic E-state index is 12.1. The van der Waals surface area contributed by atoms with Crippen LogP contribution in [0.2, 0.25) is 0 Å². The lowest BCUT2D eigenvalue weighted by Crippen LogP contribution is -2.30. The molecule has 134 valence electrons. The molecule has 0 radical (unpaired) electrons. The van der Waals surface area contributed by atoms with Crippen LogP contribution in [0.5, 0.6) is 11.5 Å². The smallest absolute Gasteiger partial charge is 0.319 e. The molecule has 5 nitrogen and oxygen atoms in total. The highest BCUT2D eigenvalue weighted by Crippen LogP contribution is 2.31. The predicted molar refractivity (Wildman–Crippen MR) is 101 cm³/mol. The number of carbonyl (C=O) groups is 1. The highest BCUT2D eigenvalue weighted by atomic mass is 32.1. The van der Waals surface area contributed by atoms with Crippen molar-refractivity contribution in [1.82, 2.24) is 5.32 Å². The third-order valence-electron chi connectivity index (χ3n) is 4.47. The van der Waals surface area contributed by atoms with Crippen molar-refractivity contribution in [2.24, 2.45) is 0 Å². The zero-order valence-electron chi connectivity index (χ0n) is 14.7. The van der Waals surface area contributed by atoms with Crippen molar-refractivity contribution in [3.05, 3.63) is 39.6 Å². The van der Waals surface area contributed by atoms with E-state index < -0.39 is 0 Å². The first-order valence-corrected chi connectivity index (χ1v) is 9.44. The standard InChI is InChI=1S/C19H24N2O3S/c1-23-16-8-7-14(11-17(16)24-2)21-19(22)20-10-9-13-12-25-18-6-4-3-5-15(13)18/h7-8,11-12H,3-6,9-10H2,1-2H3,(H2,20,21,22). The van der Waals surface area contributed by atoms with E-state index >= 15 is 0 Å². The fourth-order valence-electron chi connectivity index (χ4n) is 3.17. The van der Waals surface area contributed by atoms with Crippen LogP contribution in [0, 0.1) is 0 Å². The van der Waals surface area contributed by atoms with Crippen LogP contribution in [-0.2, 0) is 19.3 Å². The number of anilines is 1. The van der Waals surface area contributed by atoms with Gasteiger partial charge in [0.25, 0.3) is 0 Å². The minimum absolute atomic E-state index is 0.212. The lowest BCUT2D eigenvalue weighted by Gasteiger charge is -2.13. The van der Waals surface area contributed by atoms with Crippen LogP contribution in [0.4, 0.5) is 10.5 Å². The van der Waals surface area contributed by atoms with Crippen LogP contribution >= 0.6 is 11.3 Å². The van der Waals surface area contributed by atoms with Gasteiger partial charge in [0.1, 0.15) is 0 Å². The molecule has 2 N–H and O–H groups in total. The molecule has 1 aromatic heterocycles. The van der Waals surface area contributed by atoms with Crippen molar-refractivity contribution in [2.45, 2.75) is 32.1 Å². The second-order valence-electron chi connectivity index (χ2n) is 6.07. The van der Waals surface area contributed by atoms with Gasteiger partial charge in [-0.1, -0.05) is 0 Å². The molecule has 0 saturated carbocycles. The van der Waals surface area contributed by atoms with Crippen molar-refractivity contribution < 1.29 is 14.3 Å². The Kier molecular flexibility index (Phi) is 5.81. The summed E-state index contributed by atoms with van der Waals surface area (Å²) in [4.78, 5) is 13.6. The third-order valence-corrected chi connectivity index (χ3v) is 5.61. The van der Waals surface area contributed by atoms with Gasteiger partial charge < -0.3 is 20.1 Å². The SMILES string of the molecule is COc1ccc(NC(=O)NCCc2csc3c2CCCC3)cc1OC. The minimum atomic E-state index is -0.212. The monoisotopic (exact) mass is 360 g/mol. The molecule has 1 aromatic carbocycles. The predicted octanol–water partition coefficient (Wildman–Crippen LogP) is 4.01. The summed E-state index contributed by atoms with van der Waals surface area (Å²) in [6.45, 7) is 0.627. The summed E-state index contributed by atoms with van der Waals surface area (Å²) in [5, 5.41) is 8.01. The number of hydrogen-bond donors (Lipinski definition) is 2. The Morgan fingerprint density at radius 2 is 1.96 bits per heavy atom. The molecule has 0 fully saturated rings. The minimum Gasteiger partial charge on any atom is -0.493 e. The average molecular weight is 360 g/mol. The molecule has 6 heteroatoms. The number of hydrogen-bond acceptors (Lipinski definition) is 4. The molecule has 1 aliphatic carbocycles. The number of thiophene rings is 1. The van der Waals surface area contributed by atoms with Gasteiger partial charge in [0, 0.05) is 23.2 Å². The molecule has 0 atom stereocenters. The summed E-state index contributed by atoms with van der Waals surface area (Å²) >= 11 is 1.87. The van der Waals surface area contributed by atoms with Crippen molar-refractivity contribution >= 4 is 23.1 Å². The van der Waals surface area contributed by atoms with Crippen LogP contribution in [-0.4, -0.2) is 26.8 Å². The summed E-state index contributed by atoms with van der Waals surface area (Å²) in [5.74, 6) is 1.22. The first-order valence-electron chi connectivity index (χ1n) is 8.56. The average Bonchev–Trinajstić information content (AvgIpc) is 3.05. The van der Waals surface area contributed by atoms with Gasteiger partial charge in [0.2, 0.25) is 0 Å². The molecule has 0 unspecified atom stereocenters. The number of ether oxygens (including phenoxy) is 2. The van der Waals surface area contributed by atoms with Crippen molar-refractivity contribution in [3.8, 4) is 11.5 Å². The van der Waals surface area contributed by atoms with Crippen molar-refractivity contribution in [2.75, 3.05) is 26.1 Å². The number of urea groups is 1. The number of amides is 2. The van der Waals surface area contributed by atoms with E-state index in [0.29, 0.717) is 23.7 Å². The molecule has 0 aliphatic heterocycles. The van der Waals surface area contributed by atoms with Crippen LogP contribution in [0.3, 0.4) is 0 Å². The molecule has 0 bridgehead atoms. The number of methoxy groups -OCH3 is 2. The van der Waals surface area contributed by atoms with E-state index in [1.807, 2.05) is 11.3 Å². The number of fused-ring (bicyclic) bond motifs is 1. The molecule has 2 aromatic rings. The Labute approximate surface area is 152 Å². The van der Waals surface area contributed by atoms with E-state index in [4.69, 9.17) is 9.47 Å². The maximum Gasteiger partial charge on any atom is 0.319 e. The second-order valence-corrected chi connectivity index (χ2v) is 7.03. The van der Waals surface area contributed by atoms with Gasteiger partial charge in [0.05, 0.1) is 14.2 Å². The van der Waals surface area contributed by atoms with Crippen LogP contribution in [0.1, 0.15) is 28.8 Å². The van der Waals surface area contributed by atoms with Crippen LogP contribution in [0.25, 0.3) is 0 Å². The number of aryl methyl sites for hydroxylation is 1. The van der Waals surface area contributed by atoms with Gasteiger partial charge in [-0.2, -0.15) is 0 Å². The van der Waals surface area contributed by atoms with E-state index in [2.05, 4.69) is 16.0 Å². The van der Waals surface area contributed by atoms with Gasteiger partial charge in [0.15, 0.2) is 11.5 Å². The Bertz CT molecular complexity index is 742. The topological polar surface area (TPSA) is 59.6 Å². The number of benzene rings is 1. The largest absolute Gasteiger partial charge is 0.493 e. The fraction of sp³-hybridized carbons (Fsp3) is 0.421. The fourth-order valence-corrected chi connectivity index (χ4v) is 4.35. The zero-order valence-corrected chi connectivity index (χ0v) is 15.5. The summed E-state index contributed by atoms with van der Waals surface area (Å²) < 4.78 is 10.4. The van der Waals surface area contributed by atoms with Crippen molar-refractivity contribution in [3.63, 3.8) is 0 Å². The van der Waals surface area contributed by atoms with Crippen LogP contribution < -0.4 is 20.1 Å². The molecule has 0 saturated heterocycles. The summed E-state index contributed by atoms with van der Waals surface area (Å²) in [6.07, 6.45) is 5.87. The zero-order chi connectivity index (χ0) is 17.6. The Morgan fingerprint density at radius 3 is 2.76 bits per heavy atom. The number of carbonyl (C=O) groups excluding carboxylic acids is 1. The normalized spacial score (nSPS) is 13.0. The Balaban J connectivity index is 1.51. The quantitative estimate of drug-likeness (QED) is 0.818. The van der Waals surface area contributed by atoms with E-state index in [1.54, 1.807) is 32.4 Å². The molecule has 3 rings (SSSR count). The highest BCUT2D eigenvalue weighted by molar-refractivity contribution is 7.10. The number of nitrogens with one attached hydrogen (secondary N) is 2. The second kappa shape index (κ2) is 8.25. The van der Waals surface area contributed by atoms with Crippen molar-refractivity contribution in [1.29, 1.82) is 0 Å². The van der Waals surface area contributed by atoms with E-state index in [0.717, 1.165) is 6.42 Å². The summed E-state index contributed by atoms with van der Waals surface area (Å²) in [5.41, 5.74) is 3.59. The first-order chi connectivity index (χ1) is 12.2. The lowest BCUT2D eigenvalue weighted by atomic mass is 9.95. The van der Waals surface area contributed by atoms with Gasteiger partial charge in [-0.15, -0.1) is 11.3 Å². The third kappa shape index (κ3) is 4.25. The van der Waals surface area contributed by atoms with Gasteiger partial charge in [-0.3, -0.25) is 0 Å². The molecule has 25 heavy (non-hydrogen) atoms. The summed E-state index contributed by atoms with van der Waals surface area (Å²) in [6, 6.07) is 5.09. The molecule has 0 spiro atoms. The maximum absolute atomic E-state index is 12.1. The van der Waals surface area contributed by atoms with Gasteiger partial charge in [-0.05, 0) is 60.7 Å². The van der Waals surface area contributed by atoms with E-state index in [1.165, 1.54) is 41.7 Å². The van der Waals surface area contributed by atoms with Gasteiger partial charge in [-0.25, -0.2) is 4.79 Å². The van der Waals surface area contributed by atoms with E-state index in [-0.39, 0.29) is 6.03 Å².